The minimum absolute atomic E-state index is 0.00132. The van der Waals surface area contributed by atoms with Crippen LogP contribution in [0.2, 0.25) is 5.02 Å². The van der Waals surface area contributed by atoms with E-state index in [9.17, 15) is 13.2 Å². The number of nitrogens with zero attached hydrogens (tertiary/aromatic N) is 2. The maximum Gasteiger partial charge on any atom is 0.285 e. The van der Waals surface area contributed by atoms with Crippen molar-refractivity contribution in [1.29, 1.82) is 0 Å². The Balaban J connectivity index is 1.80. The van der Waals surface area contributed by atoms with Crippen LogP contribution in [-0.2, 0) is 16.6 Å². The van der Waals surface area contributed by atoms with Crippen molar-refractivity contribution in [1.82, 2.24) is 14.3 Å². The zero-order chi connectivity index (χ0) is 19.6. The summed E-state index contributed by atoms with van der Waals surface area (Å²) >= 11 is 6.18. The number of amides is 1. The van der Waals surface area contributed by atoms with E-state index in [1.54, 1.807) is 47.9 Å². The molecule has 0 radical (unpaired) electrons. The molecule has 0 saturated heterocycles. The summed E-state index contributed by atoms with van der Waals surface area (Å²) in [5, 5.41) is 0.501. The summed E-state index contributed by atoms with van der Waals surface area (Å²) in [4.78, 5) is 16.5. The quantitative estimate of drug-likeness (QED) is 0.635. The number of nitrogen functional groups attached to an aromatic ring is 1. The van der Waals surface area contributed by atoms with Gasteiger partial charge < -0.3 is 10.3 Å². The number of anilines is 1. The largest absolute Gasteiger partial charge is 0.399 e. The maximum absolute atomic E-state index is 12.4. The molecule has 1 heterocycles. The molecular weight excluding hydrogens is 388 g/mol. The zero-order valence-electron chi connectivity index (χ0n) is 14.4. The van der Waals surface area contributed by atoms with Crippen LogP contribution in [0.5, 0.6) is 0 Å². The summed E-state index contributed by atoms with van der Waals surface area (Å²) < 4.78 is 28.3. The Morgan fingerprint density at radius 1 is 1.22 bits per heavy atom. The van der Waals surface area contributed by atoms with E-state index in [-0.39, 0.29) is 10.6 Å². The lowest BCUT2D eigenvalue weighted by atomic mass is 10.2. The number of nitrogens with two attached hydrogens (primary N) is 1. The third kappa shape index (κ3) is 4.29. The molecule has 0 unspecified atom stereocenters. The van der Waals surface area contributed by atoms with Gasteiger partial charge in [-0.05, 0) is 36.8 Å². The molecule has 0 aliphatic heterocycles. The van der Waals surface area contributed by atoms with Gasteiger partial charge in [-0.25, -0.2) is 18.1 Å². The highest BCUT2D eigenvalue weighted by molar-refractivity contribution is 7.90. The molecule has 3 N–H and O–H groups in total. The van der Waals surface area contributed by atoms with Crippen LogP contribution in [0.1, 0.15) is 21.9 Å². The number of sulfonamides is 1. The maximum atomic E-state index is 12.4. The molecule has 0 atom stereocenters. The molecule has 0 aliphatic rings. The van der Waals surface area contributed by atoms with Crippen LogP contribution in [0, 0.1) is 6.92 Å². The number of aryl methyl sites for hydroxylation is 1. The molecule has 27 heavy (non-hydrogen) atoms. The first-order chi connectivity index (χ1) is 12.8. The van der Waals surface area contributed by atoms with Gasteiger partial charge in [0.25, 0.3) is 15.9 Å². The highest BCUT2D eigenvalue weighted by Crippen LogP contribution is 2.21. The highest BCUT2D eigenvalue weighted by Gasteiger charge is 2.21. The van der Waals surface area contributed by atoms with Crippen LogP contribution >= 0.6 is 11.6 Å². The fourth-order valence-electron chi connectivity index (χ4n) is 2.49. The van der Waals surface area contributed by atoms with Crippen molar-refractivity contribution < 1.29 is 13.2 Å². The second kappa shape index (κ2) is 7.42. The molecule has 0 aliphatic carbocycles. The molecule has 3 rings (SSSR count). The smallest absolute Gasteiger partial charge is 0.285 e. The molecule has 0 spiro atoms. The number of benzene rings is 2. The average molecular weight is 405 g/mol. The Hall–Kier alpha value is -2.84. The van der Waals surface area contributed by atoms with Gasteiger partial charge in [0.05, 0.1) is 11.4 Å². The van der Waals surface area contributed by atoms with Gasteiger partial charge in [0.1, 0.15) is 11.5 Å². The third-order valence-corrected chi connectivity index (χ3v) is 5.61. The standard InChI is InChI=1S/C18H17ClN4O3S/c1-12-21-17(11-23(12)10-13-7-8-14(20)9-16(13)19)18(24)22-27(25,26)15-5-3-2-4-6-15/h2-9,11H,10,20H2,1H3,(H,22,24). The van der Waals surface area contributed by atoms with Crippen molar-refractivity contribution in [2.24, 2.45) is 0 Å². The first kappa shape index (κ1) is 18.9. The number of carbonyl (C=O) groups excluding carboxylic acids is 1. The summed E-state index contributed by atoms with van der Waals surface area (Å²) in [6.07, 6.45) is 1.48. The molecule has 0 bridgehead atoms. The molecule has 3 aromatic rings. The Kier molecular flexibility index (Phi) is 5.20. The molecular formula is C18H17ClN4O3S. The zero-order valence-corrected chi connectivity index (χ0v) is 16.0. The van der Waals surface area contributed by atoms with Crippen LogP contribution in [0.25, 0.3) is 0 Å². The number of hydrogen-bond acceptors (Lipinski definition) is 5. The number of nitrogens with one attached hydrogen (secondary N) is 1. The van der Waals surface area contributed by atoms with E-state index in [0.29, 0.717) is 23.1 Å². The third-order valence-electron chi connectivity index (χ3n) is 3.91. The van der Waals surface area contributed by atoms with E-state index in [0.717, 1.165) is 5.56 Å². The monoisotopic (exact) mass is 404 g/mol. The van der Waals surface area contributed by atoms with E-state index in [2.05, 4.69) is 4.98 Å². The van der Waals surface area contributed by atoms with Gasteiger partial charge in [0.15, 0.2) is 0 Å². The normalized spacial score (nSPS) is 11.3. The first-order valence-corrected chi connectivity index (χ1v) is 9.82. The van der Waals surface area contributed by atoms with Crippen LogP contribution in [0.15, 0.2) is 59.6 Å². The van der Waals surface area contributed by atoms with E-state index in [1.807, 2.05) is 4.72 Å². The Morgan fingerprint density at radius 3 is 2.59 bits per heavy atom. The average Bonchev–Trinajstić information content (AvgIpc) is 2.99. The SMILES string of the molecule is Cc1nc(C(=O)NS(=O)(=O)c2ccccc2)cn1Cc1ccc(N)cc1Cl. The molecule has 140 valence electrons. The summed E-state index contributed by atoms with van der Waals surface area (Å²) in [6, 6.07) is 12.8. The number of aromatic nitrogens is 2. The molecule has 1 amide bonds. The Labute approximate surface area is 161 Å². The number of halogens is 1. The lowest BCUT2D eigenvalue weighted by Gasteiger charge is -2.07. The van der Waals surface area contributed by atoms with Crippen molar-refractivity contribution in [3.63, 3.8) is 0 Å². The van der Waals surface area contributed by atoms with Gasteiger partial charge in [0.2, 0.25) is 0 Å². The van der Waals surface area contributed by atoms with Gasteiger partial charge in [-0.15, -0.1) is 0 Å². The lowest BCUT2D eigenvalue weighted by molar-refractivity contribution is 0.0977. The molecule has 7 nitrogen and oxygen atoms in total. The van der Waals surface area contributed by atoms with Gasteiger partial charge in [0, 0.05) is 16.9 Å². The predicted octanol–water partition coefficient (Wildman–Crippen LogP) is 2.59. The van der Waals surface area contributed by atoms with Crippen molar-refractivity contribution in [2.75, 3.05) is 5.73 Å². The van der Waals surface area contributed by atoms with Gasteiger partial charge >= 0.3 is 0 Å². The fourth-order valence-corrected chi connectivity index (χ4v) is 3.72. The Morgan fingerprint density at radius 2 is 1.93 bits per heavy atom. The summed E-state index contributed by atoms with van der Waals surface area (Å²) in [5.41, 5.74) is 7.04. The lowest BCUT2D eigenvalue weighted by Crippen LogP contribution is -2.30. The van der Waals surface area contributed by atoms with E-state index >= 15 is 0 Å². The van der Waals surface area contributed by atoms with E-state index in [4.69, 9.17) is 17.3 Å². The van der Waals surface area contributed by atoms with Crippen molar-refractivity contribution in [3.8, 4) is 0 Å². The summed E-state index contributed by atoms with van der Waals surface area (Å²) in [5.74, 6) is -0.255. The number of rotatable bonds is 5. The second-order valence-electron chi connectivity index (χ2n) is 5.90. The summed E-state index contributed by atoms with van der Waals surface area (Å²) in [7, 11) is -3.97. The van der Waals surface area contributed by atoms with Crippen molar-refractivity contribution in [3.05, 3.63) is 76.8 Å². The van der Waals surface area contributed by atoms with Crippen LogP contribution in [0.4, 0.5) is 5.69 Å². The minimum Gasteiger partial charge on any atom is -0.399 e. The minimum atomic E-state index is -3.97. The molecule has 9 heteroatoms. The van der Waals surface area contributed by atoms with Crippen molar-refractivity contribution >= 4 is 33.2 Å². The number of carbonyl (C=O) groups is 1. The van der Waals surface area contributed by atoms with Gasteiger partial charge in [-0.2, -0.15) is 0 Å². The predicted molar refractivity (Wildman–Crippen MR) is 103 cm³/mol. The Bertz CT molecular complexity index is 1100. The molecule has 1 aromatic heterocycles. The fraction of sp³-hybridized carbons (Fsp3) is 0.111. The summed E-state index contributed by atoms with van der Waals surface area (Å²) in [6.45, 7) is 2.09. The number of imidazole rings is 1. The van der Waals surface area contributed by atoms with E-state index in [1.165, 1.54) is 18.3 Å². The van der Waals surface area contributed by atoms with Gasteiger partial charge in [-0.1, -0.05) is 35.9 Å². The molecule has 2 aromatic carbocycles. The van der Waals surface area contributed by atoms with Crippen molar-refractivity contribution in [2.45, 2.75) is 18.4 Å². The number of hydrogen-bond donors (Lipinski definition) is 2. The van der Waals surface area contributed by atoms with Crippen LogP contribution in [-0.4, -0.2) is 23.9 Å². The van der Waals surface area contributed by atoms with E-state index < -0.39 is 15.9 Å². The first-order valence-electron chi connectivity index (χ1n) is 7.96. The highest BCUT2D eigenvalue weighted by atomic mass is 35.5. The molecule has 0 saturated carbocycles. The van der Waals surface area contributed by atoms with Crippen LogP contribution < -0.4 is 10.5 Å². The van der Waals surface area contributed by atoms with Crippen LogP contribution in [0.3, 0.4) is 0 Å². The second-order valence-corrected chi connectivity index (χ2v) is 7.99. The topological polar surface area (TPSA) is 107 Å². The van der Waals surface area contributed by atoms with Gasteiger partial charge in [-0.3, -0.25) is 4.79 Å². The molecule has 0 fully saturated rings.